The van der Waals surface area contributed by atoms with Gasteiger partial charge in [0.15, 0.2) is 0 Å². The van der Waals surface area contributed by atoms with Gasteiger partial charge in [-0.3, -0.25) is 4.79 Å². The molecule has 0 aromatic heterocycles. The lowest BCUT2D eigenvalue weighted by Gasteiger charge is -2.28. The summed E-state index contributed by atoms with van der Waals surface area (Å²) < 4.78 is 4.76. The molecule has 0 aromatic carbocycles. The first kappa shape index (κ1) is 6.51. The predicted octanol–water partition coefficient (Wildman–Crippen LogP) is -0.709. The third kappa shape index (κ3) is 1.20. The summed E-state index contributed by atoms with van der Waals surface area (Å²) in [5.74, 6) is -0.911. The van der Waals surface area contributed by atoms with E-state index in [2.05, 4.69) is 0 Å². The fraction of sp³-hybridized carbons (Fsp3) is 0.800. The van der Waals surface area contributed by atoms with Crippen molar-refractivity contribution in [3.8, 4) is 0 Å². The molecule has 1 saturated heterocycles. The van der Waals surface area contributed by atoms with Crippen molar-refractivity contribution >= 4 is 5.97 Å². The van der Waals surface area contributed by atoms with E-state index >= 15 is 0 Å². The van der Waals surface area contributed by atoms with Gasteiger partial charge in [-0.2, -0.15) is 0 Å². The van der Waals surface area contributed by atoms with Crippen molar-refractivity contribution in [2.24, 2.45) is 11.7 Å². The lowest BCUT2D eigenvalue weighted by Crippen LogP contribution is -2.47. The summed E-state index contributed by atoms with van der Waals surface area (Å²) >= 11 is 0. The van der Waals surface area contributed by atoms with Crippen molar-refractivity contribution in [3.05, 3.63) is 0 Å². The Morgan fingerprint density at radius 2 is 2.44 bits per heavy atom. The van der Waals surface area contributed by atoms with Crippen LogP contribution in [-0.2, 0) is 9.53 Å². The van der Waals surface area contributed by atoms with Gasteiger partial charge in [-0.05, 0) is 0 Å². The number of nitrogens with two attached hydrogens (primary N) is 1. The monoisotopic (exact) mass is 133 g/mol. The molecule has 1 unspecified atom stereocenters. The molecule has 1 fully saturated rings. The van der Waals surface area contributed by atoms with Gasteiger partial charge < -0.3 is 15.6 Å². The van der Waals surface area contributed by atoms with E-state index in [-0.39, 0.29) is 7.34 Å². The number of rotatable bonds is 2. The van der Waals surface area contributed by atoms with E-state index < -0.39 is 12.0 Å². The standard InChI is InChI=1S/C5H9NO3.H2/c6-4(5(7)8)3-1-9-2-3;/h3-4H,1-2,6H2,(H,7,8);1H. The summed E-state index contributed by atoms with van der Waals surface area (Å²) in [4.78, 5) is 10.2. The van der Waals surface area contributed by atoms with Crippen LogP contribution in [0.4, 0.5) is 0 Å². The summed E-state index contributed by atoms with van der Waals surface area (Å²) in [6, 6.07) is -0.737. The zero-order valence-electron chi connectivity index (χ0n) is 4.91. The number of hydrogen-bond acceptors (Lipinski definition) is 3. The Kier molecular flexibility index (Phi) is 1.68. The average molecular weight is 133 g/mol. The zero-order valence-corrected chi connectivity index (χ0v) is 4.91. The maximum absolute atomic E-state index is 10.2. The minimum absolute atomic E-state index is 0. The van der Waals surface area contributed by atoms with Crippen LogP contribution >= 0.6 is 0 Å². The molecule has 3 N–H and O–H groups in total. The Bertz CT molecular complexity index is 126. The Balaban J connectivity index is 0.000000810. The molecule has 9 heavy (non-hydrogen) atoms. The molecule has 0 aliphatic carbocycles. The van der Waals surface area contributed by atoms with Crippen LogP contribution in [0.3, 0.4) is 0 Å². The van der Waals surface area contributed by atoms with Gasteiger partial charge in [-0.1, -0.05) is 0 Å². The third-order valence-electron chi connectivity index (χ3n) is 1.46. The SMILES string of the molecule is NC(C(=O)O)C1COC1.[HH]. The highest BCUT2D eigenvalue weighted by Crippen LogP contribution is 2.12. The molecule has 0 saturated carbocycles. The largest absolute Gasteiger partial charge is 0.480 e. The van der Waals surface area contributed by atoms with Crippen molar-refractivity contribution in [1.29, 1.82) is 0 Å². The molecule has 1 aliphatic heterocycles. The van der Waals surface area contributed by atoms with Gasteiger partial charge in [0, 0.05) is 7.34 Å². The fourth-order valence-electron chi connectivity index (χ4n) is 0.663. The number of carboxylic acids is 1. The van der Waals surface area contributed by atoms with Crippen LogP contribution in [0.5, 0.6) is 0 Å². The van der Waals surface area contributed by atoms with Gasteiger partial charge in [0.05, 0.1) is 13.2 Å². The number of ether oxygens (including phenoxy) is 1. The zero-order chi connectivity index (χ0) is 6.85. The molecule has 1 heterocycles. The van der Waals surface area contributed by atoms with Crippen molar-refractivity contribution in [2.75, 3.05) is 13.2 Å². The Labute approximate surface area is 54.1 Å². The molecule has 0 bridgehead atoms. The van der Waals surface area contributed by atoms with Crippen molar-refractivity contribution in [1.82, 2.24) is 0 Å². The molecule has 1 aliphatic rings. The maximum Gasteiger partial charge on any atom is 0.320 e. The molecule has 0 radical (unpaired) electrons. The molecule has 4 heteroatoms. The summed E-state index contributed by atoms with van der Waals surface area (Å²) in [6.45, 7) is 0.987. The van der Waals surface area contributed by atoms with Gasteiger partial charge in [0.2, 0.25) is 0 Å². The van der Waals surface area contributed by atoms with Crippen LogP contribution in [0.2, 0.25) is 0 Å². The lowest BCUT2D eigenvalue weighted by atomic mass is 9.99. The van der Waals surface area contributed by atoms with Gasteiger partial charge in [-0.25, -0.2) is 0 Å². The molecule has 0 aromatic rings. The maximum atomic E-state index is 10.2. The molecule has 4 nitrogen and oxygen atoms in total. The average Bonchev–Trinajstić information content (AvgIpc) is 1.60. The molecular formula is C5H11NO3. The van der Waals surface area contributed by atoms with Gasteiger partial charge in [0.25, 0.3) is 0 Å². The number of carboxylic acid groups (broad SMARTS) is 1. The summed E-state index contributed by atoms with van der Waals surface area (Å²) in [5.41, 5.74) is 5.24. The quantitative estimate of drug-likeness (QED) is 0.522. The van der Waals surface area contributed by atoms with Gasteiger partial charge in [0.1, 0.15) is 6.04 Å². The Morgan fingerprint density at radius 1 is 1.89 bits per heavy atom. The van der Waals surface area contributed by atoms with E-state index in [4.69, 9.17) is 15.6 Å². The molecule has 0 amide bonds. The third-order valence-corrected chi connectivity index (χ3v) is 1.46. The molecule has 1 rings (SSSR count). The van der Waals surface area contributed by atoms with Crippen LogP contribution in [0, 0.1) is 5.92 Å². The Hall–Kier alpha value is -0.610. The highest BCUT2D eigenvalue weighted by Gasteiger charge is 2.30. The smallest absolute Gasteiger partial charge is 0.320 e. The van der Waals surface area contributed by atoms with Crippen molar-refractivity contribution < 1.29 is 16.1 Å². The van der Waals surface area contributed by atoms with Crippen LogP contribution in [0.15, 0.2) is 0 Å². The summed E-state index contributed by atoms with van der Waals surface area (Å²) in [5, 5.41) is 8.34. The fourth-order valence-corrected chi connectivity index (χ4v) is 0.663. The number of hydrogen-bond donors (Lipinski definition) is 2. The van der Waals surface area contributed by atoms with E-state index in [0.717, 1.165) is 0 Å². The van der Waals surface area contributed by atoms with Crippen LogP contribution < -0.4 is 5.73 Å². The highest BCUT2D eigenvalue weighted by atomic mass is 16.5. The van der Waals surface area contributed by atoms with E-state index in [9.17, 15) is 4.79 Å². The first-order valence-corrected chi connectivity index (χ1v) is 2.78. The minimum Gasteiger partial charge on any atom is -0.480 e. The molecule has 1 atom stereocenters. The van der Waals surface area contributed by atoms with Gasteiger partial charge in [-0.15, -0.1) is 0 Å². The minimum atomic E-state index is -0.941. The van der Waals surface area contributed by atoms with Crippen LogP contribution in [-0.4, -0.2) is 30.3 Å². The lowest BCUT2D eigenvalue weighted by molar-refractivity contribution is -0.145. The van der Waals surface area contributed by atoms with Crippen molar-refractivity contribution in [3.63, 3.8) is 0 Å². The number of carbonyl (C=O) groups is 1. The van der Waals surface area contributed by atoms with Crippen molar-refractivity contribution in [2.45, 2.75) is 6.04 Å². The summed E-state index contributed by atoms with van der Waals surface area (Å²) in [7, 11) is 0. The second-order valence-corrected chi connectivity index (χ2v) is 2.16. The van der Waals surface area contributed by atoms with E-state index in [1.165, 1.54) is 0 Å². The topological polar surface area (TPSA) is 72.6 Å². The molecule has 0 spiro atoms. The second-order valence-electron chi connectivity index (χ2n) is 2.16. The first-order valence-electron chi connectivity index (χ1n) is 2.78. The van der Waals surface area contributed by atoms with Crippen LogP contribution in [0.1, 0.15) is 1.43 Å². The van der Waals surface area contributed by atoms with E-state index in [0.29, 0.717) is 13.2 Å². The predicted molar refractivity (Wildman–Crippen MR) is 32.0 cm³/mol. The second kappa shape index (κ2) is 2.33. The Morgan fingerprint density at radius 3 is 2.56 bits per heavy atom. The van der Waals surface area contributed by atoms with Gasteiger partial charge >= 0.3 is 5.97 Å². The first-order chi connectivity index (χ1) is 4.22. The normalized spacial score (nSPS) is 22.8. The van der Waals surface area contributed by atoms with E-state index in [1.54, 1.807) is 0 Å². The van der Waals surface area contributed by atoms with Crippen LogP contribution in [0.25, 0.3) is 0 Å². The highest BCUT2D eigenvalue weighted by molar-refractivity contribution is 5.73. The summed E-state index contributed by atoms with van der Waals surface area (Å²) in [6.07, 6.45) is 0. The molecular weight excluding hydrogens is 122 g/mol. The van der Waals surface area contributed by atoms with E-state index in [1.807, 2.05) is 0 Å². The number of aliphatic carboxylic acids is 1. The molecule has 54 valence electrons.